The van der Waals surface area contributed by atoms with E-state index in [1.54, 1.807) is 67.7 Å². The summed E-state index contributed by atoms with van der Waals surface area (Å²) in [5.41, 5.74) is 6.33. The molecule has 2 heterocycles. The summed E-state index contributed by atoms with van der Waals surface area (Å²) in [6.07, 6.45) is 6.82. The molecule has 1 amide bonds. The fourth-order valence-corrected chi connectivity index (χ4v) is 15.1. The van der Waals surface area contributed by atoms with E-state index in [1.165, 1.54) is 17.5 Å². The number of nitrogens with zero attached hydrogens (tertiary/aromatic N) is 4. The largest absolute Gasteiger partial charge is 1.00 e. The molecule has 0 saturated carbocycles. The summed E-state index contributed by atoms with van der Waals surface area (Å²) in [4.78, 5) is 52.3. The first-order valence-electron chi connectivity index (χ1n) is 36.4. The predicted molar refractivity (Wildman–Crippen MR) is 569 cm³/mol. The van der Waals surface area contributed by atoms with Crippen molar-refractivity contribution in [3.63, 3.8) is 0 Å². The van der Waals surface area contributed by atoms with Crippen LogP contribution >= 0.6 is 157 Å². The van der Waals surface area contributed by atoms with Gasteiger partial charge in [-0.3, -0.25) is 33.6 Å². The van der Waals surface area contributed by atoms with Crippen LogP contribution in [0.4, 0.5) is 0 Å². The predicted octanol–water partition coefficient (Wildman–Crippen LogP) is 16.9. The van der Waals surface area contributed by atoms with E-state index in [9.17, 15) is 45.2 Å². The molecule has 125 heavy (non-hydrogen) atoms. The minimum atomic E-state index is -3.49. The molecule has 0 aliphatic carbocycles. The van der Waals surface area contributed by atoms with Crippen LogP contribution in [0.3, 0.4) is 0 Å². The van der Waals surface area contributed by atoms with E-state index >= 15 is 0 Å². The molecular weight excluding hydrogens is 2020 g/mol. The van der Waals surface area contributed by atoms with Gasteiger partial charge in [-0.05, 0) is 196 Å². The number of H-pyrrole nitrogens is 1. The molecule has 20 nitrogen and oxygen atoms in total. The van der Waals surface area contributed by atoms with Gasteiger partial charge in [0.15, 0.2) is 0 Å². The Morgan fingerprint density at radius 2 is 0.936 bits per heavy atom. The van der Waals surface area contributed by atoms with Crippen molar-refractivity contribution in [3.05, 3.63) is 347 Å². The summed E-state index contributed by atoms with van der Waals surface area (Å²) in [7, 11) is -11.1. The molecule has 9 atom stereocenters. The molecule has 682 valence electrons. The van der Waals surface area contributed by atoms with Crippen LogP contribution < -0.4 is 54.9 Å². The number of benzene rings is 9. The fraction of sp³-hybridized carbons (Fsp3) is 0.273. The molecule has 37 heteroatoms. The van der Waals surface area contributed by atoms with Crippen LogP contribution in [0.1, 0.15) is 175 Å². The summed E-state index contributed by atoms with van der Waals surface area (Å²) in [6, 6.07) is 79.4. The van der Waals surface area contributed by atoms with E-state index < -0.39 is 80.9 Å². The molecule has 7 N–H and O–H groups in total. The number of carbonyl (C=O) groups is 2. The van der Waals surface area contributed by atoms with Crippen molar-refractivity contribution >= 4 is 230 Å². The molecule has 2 aromatic heterocycles. The van der Waals surface area contributed by atoms with Crippen LogP contribution in [0.5, 0.6) is 0 Å². The number of halogens is 3. The number of aldehydes is 1. The Bertz CT molecular complexity index is 5200. The monoisotopic (exact) mass is 2140 g/mol. The molecule has 0 radical (unpaired) electrons. The maximum absolute atomic E-state index is 13.0. The quantitative estimate of drug-likeness (QED) is 0.0136. The van der Waals surface area contributed by atoms with Gasteiger partial charge in [-0.15, -0.1) is 0 Å². The molecule has 0 aliphatic heterocycles. The molecule has 0 bridgehead atoms. The third-order valence-electron chi connectivity index (χ3n) is 15.8. The van der Waals surface area contributed by atoms with Gasteiger partial charge in [-0.2, -0.15) is 140 Å². The summed E-state index contributed by atoms with van der Waals surface area (Å²) in [5, 5.41) is 12.8. The second-order valence-corrected chi connectivity index (χ2v) is 44.8. The summed E-state index contributed by atoms with van der Waals surface area (Å²) in [5.74, 6) is -0.445. The molecule has 11 rings (SSSR count). The molecule has 11 aromatic rings. The number of rotatable bonds is 20. The van der Waals surface area contributed by atoms with Crippen molar-refractivity contribution < 1.29 is 63.8 Å². The van der Waals surface area contributed by atoms with Gasteiger partial charge in [-0.25, -0.2) is 35.9 Å². The summed E-state index contributed by atoms with van der Waals surface area (Å²) < 4.78 is 91.2. The summed E-state index contributed by atoms with van der Waals surface area (Å²) in [6.45, 7) is 28.1. The number of nitrogens with two attached hydrogens (primary N) is 1. The van der Waals surface area contributed by atoms with Crippen molar-refractivity contribution in [1.29, 1.82) is 0 Å². The number of hydrogen-bond acceptors (Lipinski definition) is 12. The number of carbonyl (C=O) groups excluding carboxylic acids is 2. The fourth-order valence-electron chi connectivity index (χ4n) is 9.49. The minimum absolute atomic E-state index is 0. The van der Waals surface area contributed by atoms with E-state index in [-0.39, 0.29) is 164 Å². The minimum Gasteiger partial charge on any atom is -0.341 e. The Hall–Kier alpha value is -4.77. The van der Waals surface area contributed by atoms with Crippen molar-refractivity contribution in [2.45, 2.75) is 135 Å². The van der Waals surface area contributed by atoms with Crippen LogP contribution in [0, 0.1) is 6.07 Å². The molecule has 0 spiro atoms. The maximum atomic E-state index is 13.0. The zero-order chi connectivity index (χ0) is 86.0. The van der Waals surface area contributed by atoms with E-state index in [2.05, 4.69) is 112 Å². The number of amides is 1. The van der Waals surface area contributed by atoms with Gasteiger partial charge in [0.05, 0.1) is 76.7 Å². The zero-order valence-corrected chi connectivity index (χ0v) is 88.9. The third kappa shape index (κ3) is 47.2. The molecule has 0 saturated heterocycles. The van der Waals surface area contributed by atoms with Crippen LogP contribution in [0.2, 0.25) is 0 Å². The topological polar surface area (TPSA) is 304 Å². The smallest absolute Gasteiger partial charge is 0.341 e. The number of aromatic nitrogens is 4. The Kier molecular flexibility index (Phi) is 65.2. The Labute approximate surface area is 836 Å². The average molecular weight is 2140 g/mol. The average Bonchev–Trinajstić information content (AvgIpc) is 1.09. The van der Waals surface area contributed by atoms with Gasteiger partial charge < -0.3 is 14.7 Å². The maximum Gasteiger partial charge on any atom is 1.00 e. The van der Waals surface area contributed by atoms with Gasteiger partial charge in [0.1, 0.15) is 22.8 Å². The molecule has 0 fully saturated rings. The second kappa shape index (κ2) is 63.3. The van der Waals surface area contributed by atoms with Gasteiger partial charge in [0.2, 0.25) is 20.7 Å². The first kappa shape index (κ1) is 129. The number of aromatic amines is 1. The van der Waals surface area contributed by atoms with E-state index in [1.807, 2.05) is 272 Å². The van der Waals surface area contributed by atoms with Crippen molar-refractivity contribution in [1.82, 2.24) is 34.5 Å². The van der Waals surface area contributed by atoms with Crippen molar-refractivity contribution in [2.24, 2.45) is 9.54 Å². The van der Waals surface area contributed by atoms with E-state index in [0.29, 0.717) is 23.0 Å². The van der Waals surface area contributed by atoms with Crippen molar-refractivity contribution in [2.75, 3.05) is 19.9 Å². The Balaban J connectivity index is -0.000000470. The summed E-state index contributed by atoms with van der Waals surface area (Å²) >= 11 is 10.1. The zero-order valence-electron chi connectivity index (χ0n) is 72.1. The SMILES string of the molecule is C.CC(C)(C)[S@@](N)=O.CC(C)(C)[S@](=O)N=Cc1cccc(Br)c1.CC(C)(C)[S@](=O)N[C@@H](c1ccccc1)c1cccc(Br)c1.CCOP(C)(=O)c1cccc([C@@H](N[S@@](=O)C(C)(C)C)c2ccccc2)c1.CP(=O)(O)c1cccc([C@@H](NC(=O)c2cnc(-n3cccn3)[nH]c2=O)c2ccccc2)c1.O=Cc1cccc(Br)c1.S.S.S.S.S.S.S.[Li+].[c-]1ccccc1. The Morgan fingerprint density at radius 1 is 0.552 bits per heavy atom. The van der Waals surface area contributed by atoms with Gasteiger partial charge >= 0.3 is 18.9 Å². The molecule has 9 aromatic carbocycles. The van der Waals surface area contributed by atoms with Crippen LogP contribution in [0.25, 0.3) is 5.95 Å². The van der Waals surface area contributed by atoms with Crippen LogP contribution in [0.15, 0.2) is 290 Å². The first-order chi connectivity index (χ1) is 54.5. The molecular formula is C88H121Br3LiN9O11P2S11. The Morgan fingerprint density at radius 3 is 1.30 bits per heavy atom. The number of hydrogen-bond donors (Lipinski definition) is 6. The van der Waals surface area contributed by atoms with Gasteiger partial charge in [0, 0.05) is 67.7 Å². The standard InChI is InChI=1S/C22H20N5O4P.C20H28NO3PS.C17H20BrNOS.C11H14BrNOS.C7H5BrO.C6H5.C4H11NOS.CH4.Li.7H2S/c1-32(30,31)17-10-5-9-16(13-17)19(15-7-3-2-4-8-15)25-20(28)18-14-23-22(26-21(18)29)27-12-6-11-24-27;1-6-24-25(5,22)18-14-10-13-17(15-18)19(16-11-8-7-9-12-16)21-26(23)20(2,3)4;1-17(2,3)21(20)19-16(13-8-5-4-6-9-13)14-10-7-11-15(18)12-14;1-11(2,3)15(14)13-8-9-5-4-6-10(12)7-9;8-7-3-1-2-6(4-7)5-9;1-2-4-6-5-3-1;1-4(2,3)7(5)6;;;;;;;;;/h2-14,19H,1H3,(H,25,28)(H,30,31)(H,23,26,29);7-15,19,21H,6H2,1-5H3;4-12,16,19H,1-3H3;4-8H,1-3H3;1-5H;1-5H;5H2,1-3H3;1H4;;7*1H2/q;;;;;-1;;;+1;;;;;;;/t19-;19-,25?,26-;16-,21-;15-;;;7-;;;;;;;;;/m0000..0........./s1. The van der Waals surface area contributed by atoms with E-state index in [4.69, 9.17) is 9.66 Å². The third-order valence-corrected chi connectivity index (χ3v) is 26.1. The second-order valence-electron chi connectivity index (χ2n) is 29.6. The van der Waals surface area contributed by atoms with E-state index in [0.717, 1.165) is 53.1 Å². The van der Waals surface area contributed by atoms with Crippen LogP contribution in [-0.4, -0.2) is 98.8 Å². The van der Waals surface area contributed by atoms with Crippen LogP contribution in [-0.2, 0) is 57.6 Å². The normalized spacial score (nSPS) is 13.2. The first-order valence-corrected chi connectivity index (χ1v) is 47.6. The van der Waals surface area contributed by atoms with Gasteiger partial charge in [0.25, 0.3) is 11.5 Å². The molecule has 2 unspecified atom stereocenters. The molecule has 0 aliphatic rings. The van der Waals surface area contributed by atoms with Crippen molar-refractivity contribution in [3.8, 4) is 5.95 Å². The number of nitrogens with one attached hydrogen (secondary N) is 4. The van der Waals surface area contributed by atoms with Gasteiger partial charge in [-0.1, -0.05) is 207 Å².